The number of aryl methyl sites for hydroxylation is 1. The van der Waals surface area contributed by atoms with Crippen molar-refractivity contribution in [2.75, 3.05) is 25.0 Å². The summed E-state index contributed by atoms with van der Waals surface area (Å²) in [5.74, 6) is 0.491. The van der Waals surface area contributed by atoms with Gasteiger partial charge >= 0.3 is 0 Å². The third kappa shape index (κ3) is 1.79. The van der Waals surface area contributed by atoms with Crippen molar-refractivity contribution in [1.82, 2.24) is 0 Å². The zero-order valence-electron chi connectivity index (χ0n) is 9.16. The smallest absolute Gasteiger partial charge is 0.124 e. The molecule has 0 fully saturated rings. The number of benzene rings is 1. The second-order valence-corrected chi connectivity index (χ2v) is 4.13. The molecule has 82 valence electrons. The number of rotatable bonds is 3. The van der Waals surface area contributed by atoms with E-state index in [1.165, 1.54) is 5.69 Å². The van der Waals surface area contributed by atoms with Gasteiger partial charge in [0.2, 0.25) is 0 Å². The van der Waals surface area contributed by atoms with Gasteiger partial charge in [0.1, 0.15) is 5.75 Å². The molecule has 3 N–H and O–H groups in total. The molecule has 3 heteroatoms. The zero-order chi connectivity index (χ0) is 10.8. The van der Waals surface area contributed by atoms with Crippen molar-refractivity contribution in [3.8, 4) is 5.75 Å². The van der Waals surface area contributed by atoms with Crippen molar-refractivity contribution in [2.24, 2.45) is 5.73 Å². The number of nitrogens with two attached hydrogens (primary N) is 1. The van der Waals surface area contributed by atoms with Crippen molar-refractivity contribution in [1.29, 1.82) is 0 Å². The lowest BCUT2D eigenvalue weighted by atomic mass is 10.0. The molecule has 0 aromatic heterocycles. The minimum Gasteiger partial charge on any atom is -0.507 e. The molecular formula is C12H18N2O. The molecule has 0 saturated carbocycles. The predicted molar refractivity (Wildman–Crippen MR) is 62.5 cm³/mol. The Labute approximate surface area is 90.5 Å². The molecule has 0 aliphatic carbocycles. The Kier molecular flexibility index (Phi) is 2.82. The molecule has 1 heterocycles. The Morgan fingerprint density at radius 1 is 1.47 bits per heavy atom. The maximum atomic E-state index is 10.1. The number of hydrogen-bond acceptors (Lipinski definition) is 3. The van der Waals surface area contributed by atoms with Gasteiger partial charge in [-0.3, -0.25) is 0 Å². The molecular weight excluding hydrogens is 188 g/mol. The van der Waals surface area contributed by atoms with E-state index in [2.05, 4.69) is 18.0 Å². The number of anilines is 1. The highest BCUT2D eigenvalue weighted by molar-refractivity contribution is 5.64. The van der Waals surface area contributed by atoms with Gasteiger partial charge in [-0.2, -0.15) is 0 Å². The SMILES string of the molecule is CN1CCc2c1ccc(CCCN)c2O. The van der Waals surface area contributed by atoms with E-state index in [0.717, 1.165) is 36.9 Å². The normalized spacial score (nSPS) is 14.4. The predicted octanol–water partition coefficient (Wildman–Crippen LogP) is 1.28. The summed E-state index contributed by atoms with van der Waals surface area (Å²) in [6, 6.07) is 4.12. The van der Waals surface area contributed by atoms with Crippen molar-refractivity contribution in [3.63, 3.8) is 0 Å². The van der Waals surface area contributed by atoms with Crippen LogP contribution in [0.1, 0.15) is 17.5 Å². The molecule has 0 spiro atoms. The molecule has 3 nitrogen and oxygen atoms in total. The zero-order valence-corrected chi connectivity index (χ0v) is 9.16. The van der Waals surface area contributed by atoms with Gasteiger partial charge < -0.3 is 15.7 Å². The van der Waals surface area contributed by atoms with Crippen LogP contribution in [0, 0.1) is 0 Å². The van der Waals surface area contributed by atoms with E-state index in [1.54, 1.807) is 0 Å². The molecule has 0 atom stereocenters. The first kappa shape index (κ1) is 10.3. The summed E-state index contributed by atoms with van der Waals surface area (Å²) in [6.07, 6.45) is 2.76. The molecule has 0 amide bonds. The number of phenolic OH excluding ortho intramolecular Hbond substituents is 1. The molecule has 2 rings (SSSR count). The van der Waals surface area contributed by atoms with Crippen LogP contribution in [0.25, 0.3) is 0 Å². The van der Waals surface area contributed by atoms with Crippen molar-refractivity contribution >= 4 is 5.69 Å². The monoisotopic (exact) mass is 206 g/mol. The first-order valence-corrected chi connectivity index (χ1v) is 5.49. The standard InChI is InChI=1S/C12H18N2O/c1-14-8-6-10-11(14)5-4-9(12(10)15)3-2-7-13/h4-5,15H,2-3,6-8,13H2,1H3. The average Bonchev–Trinajstić information content (AvgIpc) is 2.61. The highest BCUT2D eigenvalue weighted by Gasteiger charge is 2.20. The summed E-state index contributed by atoms with van der Waals surface area (Å²) in [4.78, 5) is 2.18. The summed E-state index contributed by atoms with van der Waals surface area (Å²) >= 11 is 0. The number of aromatic hydroxyl groups is 1. The quantitative estimate of drug-likeness (QED) is 0.783. The van der Waals surface area contributed by atoms with Gasteiger partial charge in [0.15, 0.2) is 0 Å². The van der Waals surface area contributed by atoms with Crippen LogP contribution in [-0.2, 0) is 12.8 Å². The van der Waals surface area contributed by atoms with Crippen LogP contribution in [-0.4, -0.2) is 25.2 Å². The van der Waals surface area contributed by atoms with Crippen LogP contribution >= 0.6 is 0 Å². The highest BCUT2D eigenvalue weighted by Crippen LogP contribution is 2.36. The number of fused-ring (bicyclic) bond motifs is 1. The van der Waals surface area contributed by atoms with Gasteiger partial charge in [0.25, 0.3) is 0 Å². The molecule has 15 heavy (non-hydrogen) atoms. The van der Waals surface area contributed by atoms with E-state index in [0.29, 0.717) is 12.3 Å². The van der Waals surface area contributed by atoms with Crippen LogP contribution in [0.4, 0.5) is 5.69 Å². The summed E-state index contributed by atoms with van der Waals surface area (Å²) in [6.45, 7) is 1.68. The fraction of sp³-hybridized carbons (Fsp3) is 0.500. The van der Waals surface area contributed by atoms with E-state index < -0.39 is 0 Å². The molecule has 0 saturated heterocycles. The number of phenols is 1. The van der Waals surface area contributed by atoms with E-state index in [4.69, 9.17) is 5.73 Å². The Morgan fingerprint density at radius 2 is 2.27 bits per heavy atom. The van der Waals surface area contributed by atoms with E-state index in [-0.39, 0.29) is 0 Å². The second kappa shape index (κ2) is 4.11. The summed E-state index contributed by atoms with van der Waals surface area (Å²) < 4.78 is 0. The molecule has 0 bridgehead atoms. The van der Waals surface area contributed by atoms with Gasteiger partial charge in [-0.15, -0.1) is 0 Å². The fourth-order valence-electron chi connectivity index (χ4n) is 2.17. The van der Waals surface area contributed by atoms with Crippen molar-refractivity contribution < 1.29 is 5.11 Å². The Morgan fingerprint density at radius 3 is 3.00 bits per heavy atom. The first-order chi connectivity index (χ1) is 7.24. The highest BCUT2D eigenvalue weighted by atomic mass is 16.3. The first-order valence-electron chi connectivity index (χ1n) is 5.49. The van der Waals surface area contributed by atoms with Gasteiger partial charge in [0.05, 0.1) is 0 Å². The topological polar surface area (TPSA) is 49.5 Å². The molecule has 0 unspecified atom stereocenters. The van der Waals surface area contributed by atoms with E-state index in [1.807, 2.05) is 6.07 Å². The minimum atomic E-state index is 0.491. The number of likely N-dealkylation sites (N-methyl/N-ethyl adjacent to an activating group) is 1. The maximum Gasteiger partial charge on any atom is 0.124 e. The molecule has 1 aliphatic rings. The molecule has 1 aromatic rings. The maximum absolute atomic E-state index is 10.1. The summed E-state index contributed by atoms with van der Waals surface area (Å²) in [5, 5.41) is 10.1. The number of nitrogens with zero attached hydrogens (tertiary/aromatic N) is 1. The molecule has 0 radical (unpaired) electrons. The Balaban J connectivity index is 2.29. The van der Waals surface area contributed by atoms with Gasteiger partial charge in [-0.05, 0) is 37.4 Å². The van der Waals surface area contributed by atoms with E-state index >= 15 is 0 Å². The van der Waals surface area contributed by atoms with Crippen molar-refractivity contribution in [3.05, 3.63) is 23.3 Å². The summed E-state index contributed by atoms with van der Waals surface area (Å²) in [5.41, 5.74) is 8.78. The number of hydrogen-bond donors (Lipinski definition) is 2. The second-order valence-electron chi connectivity index (χ2n) is 4.13. The largest absolute Gasteiger partial charge is 0.507 e. The van der Waals surface area contributed by atoms with E-state index in [9.17, 15) is 5.11 Å². The molecule has 1 aliphatic heterocycles. The van der Waals surface area contributed by atoms with Gasteiger partial charge in [0, 0.05) is 24.8 Å². The lowest BCUT2D eigenvalue weighted by molar-refractivity contribution is 0.462. The minimum absolute atomic E-state index is 0.491. The summed E-state index contributed by atoms with van der Waals surface area (Å²) in [7, 11) is 2.06. The van der Waals surface area contributed by atoms with Gasteiger partial charge in [-0.1, -0.05) is 6.07 Å². The van der Waals surface area contributed by atoms with Crippen LogP contribution in [0.15, 0.2) is 12.1 Å². The third-order valence-electron chi connectivity index (χ3n) is 3.10. The van der Waals surface area contributed by atoms with Crippen LogP contribution in [0.5, 0.6) is 5.75 Å². The third-order valence-corrected chi connectivity index (χ3v) is 3.10. The lowest BCUT2D eigenvalue weighted by Gasteiger charge is -2.13. The average molecular weight is 206 g/mol. The Bertz CT molecular complexity index is 363. The Hall–Kier alpha value is -1.22. The molecule has 1 aromatic carbocycles. The van der Waals surface area contributed by atoms with Crippen molar-refractivity contribution in [2.45, 2.75) is 19.3 Å². The van der Waals surface area contributed by atoms with Crippen LogP contribution in [0.3, 0.4) is 0 Å². The lowest BCUT2D eigenvalue weighted by Crippen LogP contribution is -2.12. The van der Waals surface area contributed by atoms with Crippen LogP contribution < -0.4 is 10.6 Å². The van der Waals surface area contributed by atoms with Gasteiger partial charge in [-0.25, -0.2) is 0 Å². The fourth-order valence-corrected chi connectivity index (χ4v) is 2.17. The van der Waals surface area contributed by atoms with Crippen LogP contribution in [0.2, 0.25) is 0 Å².